The molecule has 1 fully saturated rings. The summed E-state index contributed by atoms with van der Waals surface area (Å²) in [4.78, 5) is 15.6. The van der Waals surface area contributed by atoms with E-state index < -0.39 is 0 Å². The van der Waals surface area contributed by atoms with Gasteiger partial charge in [-0.25, -0.2) is 0 Å². The van der Waals surface area contributed by atoms with Gasteiger partial charge in [-0.2, -0.15) is 0 Å². The van der Waals surface area contributed by atoms with Gasteiger partial charge in [-0.1, -0.05) is 47.1 Å². The first-order valence-electron chi connectivity index (χ1n) is 6.49. The van der Waals surface area contributed by atoms with Crippen LogP contribution in [0.1, 0.15) is 0 Å². The molecule has 1 aromatic rings. The number of rotatable bonds is 4. The van der Waals surface area contributed by atoms with Gasteiger partial charge in [0.2, 0.25) is 11.0 Å². The van der Waals surface area contributed by atoms with E-state index in [1.54, 1.807) is 0 Å². The molecule has 0 aromatic carbocycles. The van der Waals surface area contributed by atoms with Gasteiger partial charge >= 0.3 is 0 Å². The molecule has 0 saturated carbocycles. The lowest BCUT2D eigenvalue weighted by Gasteiger charge is -2.31. The molecule has 1 amide bonds. The van der Waals surface area contributed by atoms with Crippen LogP contribution < -0.4 is 10.2 Å². The number of anilines is 1. The van der Waals surface area contributed by atoms with Crippen molar-refractivity contribution in [2.75, 3.05) is 50.6 Å². The average molecular weight is 365 g/mol. The zero-order valence-electron chi connectivity index (χ0n) is 11.9. The third-order valence-corrected chi connectivity index (χ3v) is 6.37. The van der Waals surface area contributed by atoms with Crippen LogP contribution in [-0.2, 0) is 4.79 Å². The van der Waals surface area contributed by atoms with E-state index in [4.69, 9.17) is 12.2 Å². The molecule has 6 nitrogen and oxygen atoms in total. The van der Waals surface area contributed by atoms with Crippen molar-refractivity contribution in [2.45, 2.75) is 4.34 Å². The van der Waals surface area contributed by atoms with Gasteiger partial charge in [0.1, 0.15) is 4.32 Å². The highest BCUT2D eigenvalue weighted by atomic mass is 32.2. The highest BCUT2D eigenvalue weighted by molar-refractivity contribution is 8.23. The van der Waals surface area contributed by atoms with Crippen LogP contribution in [0.25, 0.3) is 0 Å². The number of carbonyl (C=O) groups excluding carboxylic acids is 1. The Kier molecular flexibility index (Phi) is 6.68. The first-order chi connectivity index (χ1) is 10.1. The Hall–Kier alpha value is -0.420. The van der Waals surface area contributed by atoms with Crippen molar-refractivity contribution >= 4 is 62.4 Å². The first-order valence-corrected chi connectivity index (χ1v) is 9.92. The van der Waals surface area contributed by atoms with Crippen LogP contribution in [0.3, 0.4) is 0 Å². The zero-order chi connectivity index (χ0) is 15.2. The number of carbonyl (C=O) groups is 1. The van der Waals surface area contributed by atoms with Gasteiger partial charge in [0.05, 0.1) is 39.0 Å². The molecule has 0 aliphatic carbocycles. The van der Waals surface area contributed by atoms with Crippen molar-refractivity contribution in [3.05, 3.63) is 0 Å². The molecule has 2 heterocycles. The van der Waals surface area contributed by atoms with Crippen molar-refractivity contribution in [3.8, 4) is 0 Å². The predicted octanol–water partition coefficient (Wildman–Crippen LogP) is 0.0469. The lowest BCUT2D eigenvalue weighted by molar-refractivity contribution is -0.883. The van der Waals surface area contributed by atoms with Gasteiger partial charge in [-0.3, -0.25) is 10.1 Å². The molecule has 1 aliphatic rings. The Balaban J connectivity index is 1.72. The summed E-state index contributed by atoms with van der Waals surface area (Å²) < 4.78 is 1.65. The molecule has 0 radical (unpaired) electrons. The van der Waals surface area contributed by atoms with E-state index in [0.29, 0.717) is 10.9 Å². The van der Waals surface area contributed by atoms with Crippen LogP contribution in [0.5, 0.6) is 0 Å². The Morgan fingerprint density at radius 3 is 2.81 bits per heavy atom. The van der Waals surface area contributed by atoms with Crippen LogP contribution in [0, 0.1) is 0 Å². The molecule has 21 heavy (non-hydrogen) atoms. The minimum Gasteiger partial charge on any atom is -0.346 e. The molecule has 0 atom stereocenters. The number of aromatic nitrogens is 2. The van der Waals surface area contributed by atoms with Crippen LogP contribution in [0.4, 0.5) is 5.13 Å². The van der Waals surface area contributed by atoms with Crippen LogP contribution in [-0.4, -0.2) is 70.6 Å². The normalized spacial score (nSPS) is 16.0. The largest absolute Gasteiger partial charge is 0.346 e. The number of amides is 1. The first kappa shape index (κ1) is 16.9. The third kappa shape index (κ3) is 5.37. The smallest absolute Gasteiger partial charge is 0.236 e. The number of thioether (sulfide) groups is 2. The Bertz CT molecular complexity index is 501. The maximum Gasteiger partial charge on any atom is 0.236 e. The molecule has 1 aromatic heterocycles. The molecular weight excluding hydrogens is 346 g/mol. The fourth-order valence-corrected chi connectivity index (χ4v) is 4.03. The highest BCUT2D eigenvalue weighted by Crippen LogP contribution is 2.23. The number of quaternary nitrogens is 1. The number of thiocarbonyl (C=S) groups is 1. The second kappa shape index (κ2) is 8.28. The number of hydrogen-bond donors (Lipinski definition) is 2. The number of piperazine rings is 1. The number of nitrogens with zero attached hydrogens (tertiary/aromatic N) is 3. The lowest BCUT2D eigenvalue weighted by atomic mass is 10.4. The minimum atomic E-state index is -0.0918. The van der Waals surface area contributed by atoms with Crippen LogP contribution in [0.2, 0.25) is 0 Å². The molecular formula is C11H18N5OS4+. The monoisotopic (exact) mass is 364 g/mol. The molecule has 1 saturated heterocycles. The van der Waals surface area contributed by atoms with Gasteiger partial charge in [0, 0.05) is 0 Å². The fourth-order valence-electron chi connectivity index (χ4n) is 1.79. The van der Waals surface area contributed by atoms with E-state index in [0.717, 1.165) is 34.8 Å². The number of likely N-dealkylation sites (N-methyl/N-ethyl adjacent to an activating group) is 1. The van der Waals surface area contributed by atoms with E-state index in [1.807, 2.05) is 6.26 Å². The molecule has 116 valence electrons. The maximum absolute atomic E-state index is 11.9. The highest BCUT2D eigenvalue weighted by Gasteiger charge is 2.19. The van der Waals surface area contributed by atoms with Gasteiger partial charge in [-0.05, 0) is 6.26 Å². The summed E-state index contributed by atoms with van der Waals surface area (Å²) in [5.41, 5.74) is 0. The standard InChI is InChI=1S/C11H17N5OS4/c1-15-3-5-16(6-4-15)11(18)20-7-8(17)12-9-13-14-10(19-2)21-9/h3-7H2,1-2H3,(H,12,13,17)/p+1. The number of nitrogens with one attached hydrogen (secondary N) is 2. The van der Waals surface area contributed by atoms with Crippen LogP contribution in [0.15, 0.2) is 4.34 Å². The third-order valence-electron chi connectivity index (χ3n) is 3.03. The maximum atomic E-state index is 11.9. The summed E-state index contributed by atoms with van der Waals surface area (Å²) in [7, 11) is 2.19. The SMILES string of the molecule is CSc1nnc(NC(=O)CSC(=S)N2CC[NH+](C)CC2)s1. The van der Waals surface area contributed by atoms with Crippen molar-refractivity contribution in [1.29, 1.82) is 0 Å². The number of hydrogen-bond acceptors (Lipinski definition) is 7. The second-order valence-electron chi connectivity index (χ2n) is 4.62. The summed E-state index contributed by atoms with van der Waals surface area (Å²) >= 11 is 9.69. The average Bonchev–Trinajstić information content (AvgIpc) is 2.93. The summed E-state index contributed by atoms with van der Waals surface area (Å²) in [5.74, 6) is 0.220. The molecule has 10 heteroatoms. The van der Waals surface area contributed by atoms with E-state index in [2.05, 4.69) is 27.5 Å². The molecule has 0 spiro atoms. The van der Waals surface area contributed by atoms with Crippen molar-refractivity contribution in [3.63, 3.8) is 0 Å². The van der Waals surface area contributed by atoms with E-state index in [-0.39, 0.29) is 5.91 Å². The fraction of sp³-hybridized carbons (Fsp3) is 0.636. The summed E-state index contributed by atoms with van der Waals surface area (Å²) in [6.45, 7) is 4.11. The Morgan fingerprint density at radius 1 is 1.48 bits per heavy atom. The second-order valence-corrected chi connectivity index (χ2v) is 8.26. The van der Waals surface area contributed by atoms with E-state index >= 15 is 0 Å². The quantitative estimate of drug-likeness (QED) is 0.445. The van der Waals surface area contributed by atoms with E-state index in [9.17, 15) is 4.79 Å². The van der Waals surface area contributed by atoms with Crippen molar-refractivity contribution < 1.29 is 9.69 Å². The molecule has 2 N–H and O–H groups in total. The molecule has 0 unspecified atom stereocenters. The lowest BCUT2D eigenvalue weighted by Crippen LogP contribution is -3.12. The summed E-state index contributed by atoms with van der Waals surface area (Å²) in [6, 6.07) is 0. The molecule has 1 aliphatic heterocycles. The molecule has 2 rings (SSSR count). The Morgan fingerprint density at radius 2 is 2.19 bits per heavy atom. The van der Waals surface area contributed by atoms with Crippen LogP contribution >= 0.6 is 47.1 Å². The van der Waals surface area contributed by atoms with Crippen molar-refractivity contribution in [2.24, 2.45) is 0 Å². The summed E-state index contributed by atoms with van der Waals surface area (Å²) in [6.07, 6.45) is 1.93. The van der Waals surface area contributed by atoms with Crippen molar-refractivity contribution in [1.82, 2.24) is 15.1 Å². The van der Waals surface area contributed by atoms with Gasteiger partial charge in [-0.15, -0.1) is 10.2 Å². The minimum absolute atomic E-state index is 0.0918. The predicted molar refractivity (Wildman–Crippen MR) is 93.6 cm³/mol. The van der Waals surface area contributed by atoms with Gasteiger partial charge in [0.15, 0.2) is 4.34 Å². The zero-order valence-corrected chi connectivity index (χ0v) is 15.2. The summed E-state index contributed by atoms with van der Waals surface area (Å²) in [5, 5.41) is 11.1. The van der Waals surface area contributed by atoms with Gasteiger partial charge < -0.3 is 9.80 Å². The van der Waals surface area contributed by atoms with Gasteiger partial charge in [0.25, 0.3) is 0 Å². The topological polar surface area (TPSA) is 62.6 Å². The Labute approximate surface area is 142 Å². The van der Waals surface area contributed by atoms with E-state index in [1.165, 1.54) is 39.8 Å². The molecule has 0 bridgehead atoms.